The second kappa shape index (κ2) is 6.79. The van der Waals surface area contributed by atoms with Crippen LogP contribution in [-0.2, 0) is 16.9 Å². The molecule has 2 heterocycles. The van der Waals surface area contributed by atoms with E-state index in [2.05, 4.69) is 20.7 Å². The fourth-order valence-corrected chi connectivity index (χ4v) is 2.71. The van der Waals surface area contributed by atoms with Crippen molar-refractivity contribution in [3.8, 4) is 5.75 Å². The zero-order valence-corrected chi connectivity index (χ0v) is 15.1. The molecule has 1 aromatic heterocycles. The molecule has 1 fully saturated rings. The summed E-state index contributed by atoms with van der Waals surface area (Å²) >= 11 is 0. The molecule has 1 N–H and O–H groups in total. The third kappa shape index (κ3) is 3.96. The first-order valence-electron chi connectivity index (χ1n) is 8.34. The Morgan fingerprint density at radius 3 is 2.84 bits per heavy atom. The van der Waals surface area contributed by atoms with Crippen molar-refractivity contribution in [3.05, 3.63) is 30.1 Å². The molecule has 0 aliphatic carbocycles. The van der Waals surface area contributed by atoms with Crippen molar-refractivity contribution in [1.29, 1.82) is 0 Å². The second-order valence-electron chi connectivity index (χ2n) is 7.15. The van der Waals surface area contributed by atoms with Crippen molar-refractivity contribution in [1.82, 2.24) is 25.5 Å². The number of amides is 1. The first-order valence-corrected chi connectivity index (χ1v) is 8.34. The summed E-state index contributed by atoms with van der Waals surface area (Å²) in [6.07, 6.45) is 0.449. The molecule has 2 aromatic rings. The van der Waals surface area contributed by atoms with Gasteiger partial charge >= 0.3 is 0 Å². The van der Waals surface area contributed by atoms with Crippen molar-refractivity contribution in [2.24, 2.45) is 0 Å². The number of ether oxygens (including phenoxy) is 1. The summed E-state index contributed by atoms with van der Waals surface area (Å²) in [6.45, 7) is 7.16. The zero-order valence-electron chi connectivity index (χ0n) is 15.1. The van der Waals surface area contributed by atoms with E-state index in [4.69, 9.17) is 4.74 Å². The van der Waals surface area contributed by atoms with Crippen LogP contribution in [0.4, 0.5) is 5.69 Å². The molecule has 3 rings (SSSR count). The van der Waals surface area contributed by atoms with Crippen LogP contribution >= 0.6 is 0 Å². The normalized spacial score (nSPS) is 18.0. The molecule has 8 heteroatoms. The maximum atomic E-state index is 12.3. The summed E-state index contributed by atoms with van der Waals surface area (Å²) in [4.78, 5) is 15.7. The SMILES string of the molecule is COc1cccc(N2CC(NCc3nnn(C(C)(C)C)n3)CC2=O)c1. The van der Waals surface area contributed by atoms with Crippen LogP contribution in [0.1, 0.15) is 33.0 Å². The summed E-state index contributed by atoms with van der Waals surface area (Å²) < 4.78 is 5.23. The van der Waals surface area contributed by atoms with Gasteiger partial charge in [-0.25, -0.2) is 0 Å². The Morgan fingerprint density at radius 2 is 2.16 bits per heavy atom. The highest BCUT2D eigenvalue weighted by Crippen LogP contribution is 2.25. The van der Waals surface area contributed by atoms with Crippen LogP contribution in [0.3, 0.4) is 0 Å². The number of methoxy groups -OCH3 is 1. The van der Waals surface area contributed by atoms with Gasteiger partial charge < -0.3 is 15.0 Å². The van der Waals surface area contributed by atoms with Gasteiger partial charge in [0.25, 0.3) is 0 Å². The molecular formula is C17H24N6O2. The lowest BCUT2D eigenvalue weighted by Gasteiger charge is -2.17. The van der Waals surface area contributed by atoms with E-state index in [9.17, 15) is 4.79 Å². The minimum Gasteiger partial charge on any atom is -0.497 e. The number of carbonyl (C=O) groups is 1. The van der Waals surface area contributed by atoms with Crippen LogP contribution in [-0.4, -0.2) is 45.8 Å². The number of nitrogens with one attached hydrogen (secondary N) is 1. The predicted octanol–water partition coefficient (Wildman–Crippen LogP) is 1.33. The maximum absolute atomic E-state index is 12.3. The molecular weight excluding hydrogens is 320 g/mol. The molecule has 0 spiro atoms. The summed E-state index contributed by atoms with van der Waals surface area (Å²) in [5.74, 6) is 1.46. The van der Waals surface area contributed by atoms with Gasteiger partial charge in [-0.1, -0.05) is 6.07 Å². The molecule has 0 bridgehead atoms. The van der Waals surface area contributed by atoms with Gasteiger partial charge in [-0.15, -0.1) is 10.2 Å². The standard InChI is InChI=1S/C17H24N6O2/c1-17(2,3)23-20-15(19-21-23)10-18-12-8-16(24)22(11-12)13-6-5-7-14(9-13)25-4/h5-7,9,12,18H,8,10-11H2,1-4H3. The number of rotatable bonds is 5. The van der Waals surface area contributed by atoms with E-state index in [1.165, 1.54) is 0 Å². The van der Waals surface area contributed by atoms with E-state index in [1.807, 2.05) is 45.0 Å². The number of hydrogen-bond donors (Lipinski definition) is 1. The van der Waals surface area contributed by atoms with Gasteiger partial charge in [0, 0.05) is 30.8 Å². The number of nitrogens with zero attached hydrogens (tertiary/aromatic N) is 5. The molecule has 8 nitrogen and oxygen atoms in total. The highest BCUT2D eigenvalue weighted by molar-refractivity contribution is 5.96. The fourth-order valence-electron chi connectivity index (χ4n) is 2.71. The van der Waals surface area contributed by atoms with E-state index in [0.717, 1.165) is 11.4 Å². The Kier molecular flexibility index (Phi) is 4.71. The summed E-state index contributed by atoms with van der Waals surface area (Å²) in [7, 11) is 1.62. The van der Waals surface area contributed by atoms with Gasteiger partial charge in [-0.05, 0) is 38.1 Å². The lowest BCUT2D eigenvalue weighted by molar-refractivity contribution is -0.117. The van der Waals surface area contributed by atoms with E-state index in [-0.39, 0.29) is 17.5 Å². The molecule has 1 amide bonds. The molecule has 1 aliphatic heterocycles. The summed E-state index contributed by atoms with van der Waals surface area (Å²) in [5.41, 5.74) is 0.656. The minimum absolute atomic E-state index is 0.0558. The Labute approximate surface area is 147 Å². The number of carbonyl (C=O) groups excluding carboxylic acids is 1. The lowest BCUT2D eigenvalue weighted by Crippen LogP contribution is -2.33. The van der Waals surface area contributed by atoms with Crippen LogP contribution < -0.4 is 15.0 Å². The molecule has 0 saturated carbocycles. The van der Waals surface area contributed by atoms with Crippen molar-refractivity contribution in [3.63, 3.8) is 0 Å². The highest BCUT2D eigenvalue weighted by Gasteiger charge is 2.30. The van der Waals surface area contributed by atoms with Crippen LogP contribution in [0, 0.1) is 0 Å². The van der Waals surface area contributed by atoms with Crippen molar-refractivity contribution < 1.29 is 9.53 Å². The number of anilines is 1. The molecule has 25 heavy (non-hydrogen) atoms. The molecule has 134 valence electrons. The van der Waals surface area contributed by atoms with Gasteiger partial charge in [0.1, 0.15) is 5.75 Å². The van der Waals surface area contributed by atoms with Gasteiger partial charge in [-0.2, -0.15) is 4.80 Å². The van der Waals surface area contributed by atoms with Crippen molar-refractivity contribution in [2.75, 3.05) is 18.6 Å². The average Bonchev–Trinajstić information content (AvgIpc) is 3.19. The maximum Gasteiger partial charge on any atom is 0.228 e. The predicted molar refractivity (Wildman–Crippen MR) is 93.4 cm³/mol. The van der Waals surface area contributed by atoms with E-state index in [1.54, 1.807) is 16.8 Å². The molecule has 1 saturated heterocycles. The highest BCUT2D eigenvalue weighted by atomic mass is 16.5. The van der Waals surface area contributed by atoms with E-state index < -0.39 is 0 Å². The summed E-state index contributed by atoms with van der Waals surface area (Å²) in [5, 5.41) is 15.9. The third-order valence-corrected chi connectivity index (χ3v) is 4.09. The first kappa shape index (κ1) is 17.3. The third-order valence-electron chi connectivity index (χ3n) is 4.09. The molecule has 1 unspecified atom stereocenters. The first-order chi connectivity index (χ1) is 11.9. The van der Waals surface area contributed by atoms with Crippen LogP contribution in [0.25, 0.3) is 0 Å². The lowest BCUT2D eigenvalue weighted by atomic mass is 10.1. The topological polar surface area (TPSA) is 85.2 Å². The quantitative estimate of drug-likeness (QED) is 0.881. The largest absolute Gasteiger partial charge is 0.497 e. The van der Waals surface area contributed by atoms with Gasteiger partial charge in [0.2, 0.25) is 5.91 Å². The van der Waals surface area contributed by atoms with Gasteiger partial charge in [-0.3, -0.25) is 4.79 Å². The number of benzene rings is 1. The van der Waals surface area contributed by atoms with Gasteiger partial charge in [0.15, 0.2) is 5.82 Å². The second-order valence-corrected chi connectivity index (χ2v) is 7.15. The number of aromatic nitrogens is 4. The number of hydrogen-bond acceptors (Lipinski definition) is 6. The Hall–Kier alpha value is -2.48. The summed E-state index contributed by atoms with van der Waals surface area (Å²) in [6, 6.07) is 7.59. The fraction of sp³-hybridized carbons (Fsp3) is 0.529. The van der Waals surface area contributed by atoms with E-state index in [0.29, 0.717) is 25.3 Å². The van der Waals surface area contributed by atoms with Crippen molar-refractivity contribution >= 4 is 11.6 Å². The van der Waals surface area contributed by atoms with Crippen LogP contribution in [0.15, 0.2) is 24.3 Å². The monoisotopic (exact) mass is 344 g/mol. The Morgan fingerprint density at radius 1 is 1.36 bits per heavy atom. The van der Waals surface area contributed by atoms with Crippen LogP contribution in [0.5, 0.6) is 5.75 Å². The minimum atomic E-state index is -0.197. The zero-order chi connectivity index (χ0) is 18.0. The molecule has 1 aliphatic rings. The average molecular weight is 344 g/mol. The van der Waals surface area contributed by atoms with E-state index >= 15 is 0 Å². The molecule has 0 radical (unpaired) electrons. The molecule has 1 atom stereocenters. The smallest absolute Gasteiger partial charge is 0.228 e. The number of tetrazole rings is 1. The van der Waals surface area contributed by atoms with Gasteiger partial charge in [0.05, 0.1) is 19.2 Å². The molecule has 1 aromatic carbocycles. The van der Waals surface area contributed by atoms with Crippen molar-refractivity contribution in [2.45, 2.75) is 45.3 Å². The Bertz CT molecular complexity index is 752. The Balaban J connectivity index is 1.60. The van der Waals surface area contributed by atoms with Crippen LogP contribution in [0.2, 0.25) is 0 Å².